The minimum Gasteiger partial charge on any atom is -0.462 e. The van der Waals surface area contributed by atoms with Crippen molar-refractivity contribution in [1.29, 1.82) is 0 Å². The standard InChI is InChI=1S/C73H142O17P2/c1-5-9-13-17-21-25-28-31-34-37-39-42-46-50-54-58-71(76)84-64-69(90-73(78)60-56-52-48-44-41-38-35-32-29-26-22-18-14-10-6-2)66-88-92(81,82)86-62-67(74)61-85-91(79,80)87-65-68(63-83-70(75)57-53-49-45-24-20-16-12-8-4)89-72(77)59-55-51-47-43-40-36-33-30-27-23-19-15-11-7-3/h67-69,74H,5-66H2,1-4H3,(H,79,80)(H,81,82)/t67-,68+,69+/m0/s1. The summed E-state index contributed by atoms with van der Waals surface area (Å²) in [5, 5.41) is 10.6. The number of phosphoric ester groups is 2. The van der Waals surface area contributed by atoms with Gasteiger partial charge in [-0.3, -0.25) is 37.3 Å². The average Bonchev–Trinajstić information content (AvgIpc) is 2.04. The molecule has 0 spiro atoms. The van der Waals surface area contributed by atoms with Gasteiger partial charge in [-0.05, 0) is 25.7 Å². The molecule has 546 valence electrons. The Morgan fingerprint density at radius 3 is 0.641 bits per heavy atom. The van der Waals surface area contributed by atoms with Gasteiger partial charge < -0.3 is 33.8 Å². The van der Waals surface area contributed by atoms with Crippen LogP contribution in [-0.2, 0) is 65.4 Å². The normalized spacial score (nSPS) is 13.9. The Morgan fingerprint density at radius 1 is 0.261 bits per heavy atom. The van der Waals surface area contributed by atoms with Crippen LogP contribution in [0.4, 0.5) is 0 Å². The fourth-order valence-corrected chi connectivity index (χ4v) is 12.8. The van der Waals surface area contributed by atoms with Crippen LogP contribution in [0.3, 0.4) is 0 Å². The Morgan fingerprint density at radius 2 is 0.435 bits per heavy atom. The minimum absolute atomic E-state index is 0.108. The predicted octanol–water partition coefficient (Wildman–Crippen LogP) is 21.4. The van der Waals surface area contributed by atoms with Crippen LogP contribution >= 0.6 is 15.6 Å². The molecule has 2 unspecified atom stereocenters. The molecular formula is C73H142O17P2. The van der Waals surface area contributed by atoms with Crippen LogP contribution in [0.2, 0.25) is 0 Å². The highest BCUT2D eigenvalue weighted by molar-refractivity contribution is 7.47. The summed E-state index contributed by atoms with van der Waals surface area (Å²) < 4.78 is 68.4. The van der Waals surface area contributed by atoms with E-state index in [2.05, 4.69) is 27.7 Å². The summed E-state index contributed by atoms with van der Waals surface area (Å²) in [5.41, 5.74) is 0. The Kier molecular flexibility index (Phi) is 66.2. The number of carbonyl (C=O) groups excluding carboxylic acids is 4. The van der Waals surface area contributed by atoms with E-state index in [1.165, 1.54) is 218 Å². The Bertz CT molecular complexity index is 1760. The number of phosphoric acid groups is 2. The molecule has 0 aliphatic carbocycles. The largest absolute Gasteiger partial charge is 0.472 e. The number of aliphatic hydroxyl groups is 1. The molecule has 5 atom stereocenters. The fourth-order valence-electron chi connectivity index (χ4n) is 11.2. The third kappa shape index (κ3) is 66.7. The van der Waals surface area contributed by atoms with E-state index in [-0.39, 0.29) is 25.7 Å². The number of hydrogen-bond acceptors (Lipinski definition) is 15. The topological polar surface area (TPSA) is 237 Å². The van der Waals surface area contributed by atoms with Crippen molar-refractivity contribution >= 4 is 39.5 Å². The monoisotopic (exact) mass is 1350 g/mol. The van der Waals surface area contributed by atoms with Gasteiger partial charge in [0.1, 0.15) is 19.3 Å². The third-order valence-electron chi connectivity index (χ3n) is 17.1. The number of rotatable bonds is 74. The molecule has 0 aliphatic rings. The van der Waals surface area contributed by atoms with Gasteiger partial charge in [-0.15, -0.1) is 0 Å². The molecular weight excluding hydrogens is 1210 g/mol. The van der Waals surface area contributed by atoms with Crippen LogP contribution in [0.5, 0.6) is 0 Å². The summed E-state index contributed by atoms with van der Waals surface area (Å²) >= 11 is 0. The molecule has 0 fully saturated rings. The lowest BCUT2D eigenvalue weighted by Gasteiger charge is -2.21. The van der Waals surface area contributed by atoms with Crippen LogP contribution in [0, 0.1) is 0 Å². The van der Waals surface area contributed by atoms with E-state index < -0.39 is 97.5 Å². The lowest BCUT2D eigenvalue weighted by molar-refractivity contribution is -0.161. The van der Waals surface area contributed by atoms with Gasteiger partial charge in [-0.2, -0.15) is 0 Å². The van der Waals surface area contributed by atoms with Crippen molar-refractivity contribution in [3.63, 3.8) is 0 Å². The molecule has 3 N–H and O–H groups in total. The first kappa shape index (κ1) is 90.1. The molecule has 0 rings (SSSR count). The first-order chi connectivity index (χ1) is 44.7. The SMILES string of the molecule is CCCCCCCCCCCCCCCCCC(=O)OC[C@H](COP(=O)(O)OC[C@@H](O)COP(=O)(O)OC[C@@H](COC(=O)CCCCCCCCCC)OC(=O)CCCCCCCCCCCCCCCC)OC(=O)CCCCCCCCCCCCCCCCC. The van der Waals surface area contributed by atoms with Gasteiger partial charge in [-0.1, -0.05) is 336 Å². The van der Waals surface area contributed by atoms with Gasteiger partial charge in [0.25, 0.3) is 0 Å². The van der Waals surface area contributed by atoms with Crippen molar-refractivity contribution in [3.8, 4) is 0 Å². The second kappa shape index (κ2) is 67.6. The highest BCUT2D eigenvalue weighted by Crippen LogP contribution is 2.45. The lowest BCUT2D eigenvalue weighted by atomic mass is 10.0. The highest BCUT2D eigenvalue weighted by atomic mass is 31.2. The lowest BCUT2D eigenvalue weighted by Crippen LogP contribution is -2.30. The zero-order valence-electron chi connectivity index (χ0n) is 59.5. The zero-order valence-corrected chi connectivity index (χ0v) is 61.3. The van der Waals surface area contributed by atoms with Crippen LogP contribution in [-0.4, -0.2) is 96.7 Å². The number of aliphatic hydroxyl groups excluding tert-OH is 1. The smallest absolute Gasteiger partial charge is 0.462 e. The molecule has 0 saturated heterocycles. The summed E-state index contributed by atoms with van der Waals surface area (Å²) in [4.78, 5) is 72.6. The van der Waals surface area contributed by atoms with Gasteiger partial charge in [-0.25, -0.2) is 9.13 Å². The molecule has 17 nitrogen and oxygen atoms in total. The van der Waals surface area contributed by atoms with Crippen molar-refractivity contribution in [1.82, 2.24) is 0 Å². The van der Waals surface area contributed by atoms with Gasteiger partial charge in [0.2, 0.25) is 0 Å². The van der Waals surface area contributed by atoms with E-state index in [0.29, 0.717) is 25.7 Å². The van der Waals surface area contributed by atoms with Crippen molar-refractivity contribution in [2.24, 2.45) is 0 Å². The van der Waals surface area contributed by atoms with E-state index in [0.717, 1.165) is 89.9 Å². The minimum atomic E-state index is -4.95. The molecule has 0 amide bonds. The summed E-state index contributed by atoms with van der Waals surface area (Å²) in [6, 6.07) is 0. The Balaban J connectivity index is 5.22. The second-order valence-electron chi connectivity index (χ2n) is 26.3. The van der Waals surface area contributed by atoms with E-state index in [9.17, 15) is 43.2 Å². The molecule has 0 saturated carbocycles. The summed E-state index contributed by atoms with van der Waals surface area (Å²) in [6.45, 7) is 4.96. The van der Waals surface area contributed by atoms with Gasteiger partial charge >= 0.3 is 39.5 Å². The summed E-state index contributed by atoms with van der Waals surface area (Å²) in [7, 11) is -9.90. The number of esters is 4. The van der Waals surface area contributed by atoms with E-state index in [4.69, 9.17) is 37.0 Å². The first-order valence-electron chi connectivity index (χ1n) is 38.3. The number of ether oxygens (including phenoxy) is 4. The first-order valence-corrected chi connectivity index (χ1v) is 41.3. The number of unbranched alkanes of at least 4 members (excludes halogenated alkanes) is 48. The average molecular weight is 1350 g/mol. The van der Waals surface area contributed by atoms with E-state index in [1.807, 2.05) is 0 Å². The molecule has 0 heterocycles. The van der Waals surface area contributed by atoms with Crippen molar-refractivity contribution in [2.45, 2.75) is 406 Å². The third-order valence-corrected chi connectivity index (χ3v) is 19.0. The molecule has 0 aliphatic heterocycles. The zero-order chi connectivity index (χ0) is 67.5. The molecule has 0 aromatic heterocycles. The fraction of sp³-hybridized carbons (Fsp3) is 0.945. The quantitative estimate of drug-likeness (QED) is 0.0222. The summed E-state index contributed by atoms with van der Waals surface area (Å²) in [5.74, 6) is -2.12. The Labute approximate surface area is 562 Å². The molecule has 0 radical (unpaired) electrons. The molecule has 0 aromatic carbocycles. The van der Waals surface area contributed by atoms with Crippen molar-refractivity contribution in [2.75, 3.05) is 39.6 Å². The van der Waals surface area contributed by atoms with Crippen LogP contribution in [0.1, 0.15) is 387 Å². The maximum absolute atomic E-state index is 13.1. The van der Waals surface area contributed by atoms with Gasteiger partial charge in [0.05, 0.1) is 26.4 Å². The van der Waals surface area contributed by atoms with E-state index in [1.54, 1.807) is 0 Å². The molecule has 0 aromatic rings. The molecule has 0 bridgehead atoms. The van der Waals surface area contributed by atoms with Crippen LogP contribution in [0.25, 0.3) is 0 Å². The van der Waals surface area contributed by atoms with Crippen LogP contribution < -0.4 is 0 Å². The van der Waals surface area contributed by atoms with E-state index >= 15 is 0 Å². The molecule has 92 heavy (non-hydrogen) atoms. The summed E-state index contributed by atoms with van der Waals surface area (Å²) in [6.07, 6.45) is 56.8. The van der Waals surface area contributed by atoms with Gasteiger partial charge in [0.15, 0.2) is 12.2 Å². The second-order valence-corrected chi connectivity index (χ2v) is 29.2. The predicted molar refractivity (Wildman–Crippen MR) is 372 cm³/mol. The maximum Gasteiger partial charge on any atom is 0.472 e. The highest BCUT2D eigenvalue weighted by Gasteiger charge is 2.30. The maximum atomic E-state index is 13.1. The van der Waals surface area contributed by atoms with Crippen LogP contribution in [0.15, 0.2) is 0 Å². The number of hydrogen-bond donors (Lipinski definition) is 3. The molecule has 19 heteroatoms. The number of carbonyl (C=O) groups is 4. The van der Waals surface area contributed by atoms with Crippen molar-refractivity contribution in [3.05, 3.63) is 0 Å². The van der Waals surface area contributed by atoms with Crippen molar-refractivity contribution < 1.29 is 80.2 Å². The Hall–Kier alpha value is -1.94. The van der Waals surface area contributed by atoms with Gasteiger partial charge in [0, 0.05) is 25.7 Å².